The second kappa shape index (κ2) is 5.90. The fourth-order valence-electron chi connectivity index (χ4n) is 1.53. The Labute approximate surface area is 123 Å². The fraction of sp³-hybridized carbons (Fsp3) is 0. The molecule has 0 atom stereocenters. The first kappa shape index (κ1) is 14.3. The molecule has 0 N–H and O–H groups in total. The number of aldehydes is 1. The van der Waals surface area contributed by atoms with E-state index in [0.717, 1.165) is 0 Å². The average Bonchev–Trinajstić information content (AvgIpc) is 2.42. The molecule has 0 saturated heterocycles. The second-order valence-electron chi connectivity index (χ2n) is 3.77. The number of carbonyl (C=O) groups excluding carboxylic acids is 1. The molecule has 0 unspecified atom stereocenters. The standard InChI is InChI=1S/C13H7Cl2NO4/c14-11-3-1-10(6-12(11)15)20-9-2-4-13(16(18)19)8(5-9)7-17/h1-7H. The number of carbonyl (C=O) groups is 1. The SMILES string of the molecule is O=Cc1cc(Oc2ccc(Cl)c(Cl)c2)ccc1[N+](=O)[O-]. The normalized spacial score (nSPS) is 10.1. The van der Waals surface area contributed by atoms with E-state index in [0.29, 0.717) is 22.1 Å². The van der Waals surface area contributed by atoms with Crippen molar-refractivity contribution in [3.63, 3.8) is 0 Å². The monoisotopic (exact) mass is 311 g/mol. The van der Waals surface area contributed by atoms with Crippen molar-refractivity contribution in [2.45, 2.75) is 0 Å². The second-order valence-corrected chi connectivity index (χ2v) is 4.59. The molecule has 0 bridgehead atoms. The maximum absolute atomic E-state index is 10.8. The van der Waals surface area contributed by atoms with Crippen molar-refractivity contribution in [3.8, 4) is 11.5 Å². The molecule has 0 fully saturated rings. The van der Waals surface area contributed by atoms with Crippen LogP contribution in [0.15, 0.2) is 36.4 Å². The highest BCUT2D eigenvalue weighted by Crippen LogP contribution is 2.31. The van der Waals surface area contributed by atoms with Crippen LogP contribution in [0.4, 0.5) is 5.69 Å². The van der Waals surface area contributed by atoms with Crippen LogP contribution < -0.4 is 4.74 Å². The van der Waals surface area contributed by atoms with Crippen LogP contribution in [0.25, 0.3) is 0 Å². The molecule has 7 heteroatoms. The van der Waals surface area contributed by atoms with E-state index >= 15 is 0 Å². The summed E-state index contributed by atoms with van der Waals surface area (Å²) in [5.41, 5.74) is -0.339. The van der Waals surface area contributed by atoms with Gasteiger partial charge in [0.1, 0.15) is 11.5 Å². The van der Waals surface area contributed by atoms with E-state index < -0.39 is 4.92 Å². The minimum absolute atomic E-state index is 0.0624. The molecule has 0 aromatic heterocycles. The lowest BCUT2D eigenvalue weighted by Gasteiger charge is -2.07. The zero-order chi connectivity index (χ0) is 14.7. The topological polar surface area (TPSA) is 69.4 Å². The van der Waals surface area contributed by atoms with E-state index in [9.17, 15) is 14.9 Å². The summed E-state index contributed by atoms with van der Waals surface area (Å²) in [6.07, 6.45) is 0.403. The number of hydrogen-bond acceptors (Lipinski definition) is 4. The smallest absolute Gasteiger partial charge is 0.280 e. The van der Waals surface area contributed by atoms with E-state index in [1.165, 1.54) is 24.3 Å². The Kier molecular flexibility index (Phi) is 4.22. The van der Waals surface area contributed by atoms with E-state index in [-0.39, 0.29) is 17.0 Å². The van der Waals surface area contributed by atoms with Crippen molar-refractivity contribution in [2.75, 3.05) is 0 Å². The van der Waals surface area contributed by atoms with Gasteiger partial charge in [0.15, 0.2) is 6.29 Å². The van der Waals surface area contributed by atoms with Crippen molar-refractivity contribution >= 4 is 35.2 Å². The summed E-state index contributed by atoms with van der Waals surface area (Å²) in [6.45, 7) is 0. The van der Waals surface area contributed by atoms with Gasteiger partial charge >= 0.3 is 0 Å². The number of benzene rings is 2. The number of nitro groups is 1. The molecule has 0 spiro atoms. The van der Waals surface area contributed by atoms with E-state index in [1.54, 1.807) is 12.1 Å². The van der Waals surface area contributed by atoms with Crippen molar-refractivity contribution in [1.82, 2.24) is 0 Å². The lowest BCUT2D eigenvalue weighted by Crippen LogP contribution is -1.95. The Morgan fingerprint density at radius 3 is 2.30 bits per heavy atom. The van der Waals surface area contributed by atoms with E-state index in [2.05, 4.69) is 0 Å². The Balaban J connectivity index is 2.32. The molecular weight excluding hydrogens is 305 g/mol. The van der Waals surface area contributed by atoms with Gasteiger partial charge in [-0.2, -0.15) is 0 Å². The van der Waals surface area contributed by atoms with Gasteiger partial charge in [-0.15, -0.1) is 0 Å². The molecule has 2 aromatic rings. The minimum Gasteiger partial charge on any atom is -0.457 e. The number of nitrogens with zero attached hydrogens (tertiary/aromatic N) is 1. The van der Waals surface area contributed by atoms with Crippen LogP contribution in [0, 0.1) is 10.1 Å². The van der Waals surface area contributed by atoms with Gasteiger partial charge in [-0.3, -0.25) is 14.9 Å². The van der Waals surface area contributed by atoms with E-state index in [4.69, 9.17) is 27.9 Å². The third kappa shape index (κ3) is 3.07. The Hall–Kier alpha value is -2.11. The molecule has 5 nitrogen and oxygen atoms in total. The largest absolute Gasteiger partial charge is 0.457 e. The van der Waals surface area contributed by atoms with Gasteiger partial charge < -0.3 is 4.74 Å². The zero-order valence-electron chi connectivity index (χ0n) is 9.88. The predicted molar refractivity (Wildman–Crippen MR) is 75.0 cm³/mol. The van der Waals surface area contributed by atoms with Gasteiger partial charge in [-0.25, -0.2) is 0 Å². The number of nitro benzene ring substituents is 1. The van der Waals surface area contributed by atoms with Crippen LogP contribution in [0.2, 0.25) is 10.0 Å². The molecule has 102 valence electrons. The summed E-state index contributed by atoms with van der Waals surface area (Å²) in [6, 6.07) is 8.55. The summed E-state index contributed by atoms with van der Waals surface area (Å²) in [5.74, 6) is 0.696. The molecule has 2 aromatic carbocycles. The molecule has 0 heterocycles. The van der Waals surface area contributed by atoms with Gasteiger partial charge in [0.05, 0.1) is 20.5 Å². The van der Waals surface area contributed by atoms with Crippen LogP contribution >= 0.6 is 23.2 Å². The number of rotatable bonds is 4. The van der Waals surface area contributed by atoms with E-state index in [1.807, 2.05) is 0 Å². The molecule has 0 amide bonds. The first-order valence-corrected chi connectivity index (χ1v) is 6.13. The third-order valence-corrected chi connectivity index (χ3v) is 3.19. The van der Waals surface area contributed by atoms with Crippen LogP contribution in [0.5, 0.6) is 11.5 Å². The molecule has 0 radical (unpaired) electrons. The quantitative estimate of drug-likeness (QED) is 0.473. The highest BCUT2D eigenvalue weighted by Gasteiger charge is 2.14. The number of halogens is 2. The van der Waals surface area contributed by atoms with Crippen molar-refractivity contribution in [3.05, 3.63) is 62.1 Å². The molecule has 0 saturated carbocycles. The maximum atomic E-state index is 10.8. The molecule has 0 aliphatic rings. The number of ether oxygens (including phenoxy) is 1. The van der Waals surface area contributed by atoms with Crippen LogP contribution in [-0.4, -0.2) is 11.2 Å². The Morgan fingerprint density at radius 1 is 1.05 bits per heavy atom. The van der Waals surface area contributed by atoms with Crippen molar-refractivity contribution in [2.24, 2.45) is 0 Å². The van der Waals surface area contributed by atoms with Gasteiger partial charge in [-0.05, 0) is 24.3 Å². The third-order valence-electron chi connectivity index (χ3n) is 2.45. The lowest BCUT2D eigenvalue weighted by atomic mass is 10.2. The van der Waals surface area contributed by atoms with Gasteiger partial charge in [0.25, 0.3) is 5.69 Å². The first-order chi connectivity index (χ1) is 9.51. The summed E-state index contributed by atoms with van der Waals surface area (Å²) in [5, 5.41) is 11.4. The zero-order valence-corrected chi connectivity index (χ0v) is 11.4. The summed E-state index contributed by atoms with van der Waals surface area (Å²) in [7, 11) is 0. The molecule has 2 rings (SSSR count). The highest BCUT2D eigenvalue weighted by molar-refractivity contribution is 6.42. The molecule has 0 aliphatic carbocycles. The van der Waals surface area contributed by atoms with Crippen molar-refractivity contribution in [1.29, 1.82) is 0 Å². The summed E-state index contributed by atoms with van der Waals surface area (Å²) < 4.78 is 5.47. The Bertz CT molecular complexity index is 688. The van der Waals surface area contributed by atoms with Gasteiger partial charge in [0, 0.05) is 12.1 Å². The molecule has 0 aliphatic heterocycles. The van der Waals surface area contributed by atoms with Gasteiger partial charge in [-0.1, -0.05) is 23.2 Å². The Morgan fingerprint density at radius 2 is 1.70 bits per heavy atom. The highest BCUT2D eigenvalue weighted by atomic mass is 35.5. The summed E-state index contributed by atoms with van der Waals surface area (Å²) >= 11 is 11.6. The van der Waals surface area contributed by atoms with Crippen molar-refractivity contribution < 1.29 is 14.5 Å². The van der Waals surface area contributed by atoms with Crippen LogP contribution in [0.3, 0.4) is 0 Å². The predicted octanol–water partition coefficient (Wildman–Crippen LogP) is 4.51. The maximum Gasteiger partial charge on any atom is 0.280 e. The molecule has 20 heavy (non-hydrogen) atoms. The first-order valence-electron chi connectivity index (χ1n) is 5.38. The fourth-order valence-corrected chi connectivity index (χ4v) is 1.82. The summed E-state index contributed by atoms with van der Waals surface area (Å²) in [4.78, 5) is 20.9. The van der Waals surface area contributed by atoms with Crippen LogP contribution in [-0.2, 0) is 0 Å². The van der Waals surface area contributed by atoms with Crippen LogP contribution in [0.1, 0.15) is 10.4 Å². The lowest BCUT2D eigenvalue weighted by molar-refractivity contribution is -0.385. The van der Waals surface area contributed by atoms with Gasteiger partial charge in [0.2, 0.25) is 0 Å². The molecular formula is C13H7Cl2NO4. The average molecular weight is 312 g/mol. The minimum atomic E-state index is -0.632. The number of hydrogen-bond donors (Lipinski definition) is 0.